The Morgan fingerprint density at radius 1 is 1.50 bits per heavy atom. The first-order valence-electron chi connectivity index (χ1n) is 7.09. The highest BCUT2D eigenvalue weighted by Crippen LogP contribution is 2.38. The zero-order chi connectivity index (χ0) is 13.6. The number of nitrogens with one attached hydrogen (secondary N) is 2. The van der Waals surface area contributed by atoms with Gasteiger partial charge in [-0.3, -0.25) is 9.20 Å². The molecule has 1 saturated heterocycles. The predicted octanol–water partition coefficient (Wildman–Crippen LogP) is 0.601. The van der Waals surface area contributed by atoms with Gasteiger partial charge in [-0.05, 0) is 18.8 Å². The number of hydrogen-bond donors (Lipinski definition) is 2. The van der Waals surface area contributed by atoms with E-state index in [0.717, 1.165) is 19.5 Å². The van der Waals surface area contributed by atoms with Crippen molar-refractivity contribution in [3.05, 3.63) is 30.4 Å². The average molecular weight is 271 g/mol. The van der Waals surface area contributed by atoms with Crippen molar-refractivity contribution in [1.29, 1.82) is 0 Å². The van der Waals surface area contributed by atoms with Gasteiger partial charge < -0.3 is 10.6 Å². The summed E-state index contributed by atoms with van der Waals surface area (Å²) in [5.74, 6) is 1.14. The first-order chi connectivity index (χ1) is 9.77. The standard InChI is InChI=1S/C14H17N5O/c20-12(10-6-17-13-16-4-5-19(13)8-10)18-14-3-1-2-11(14)7-15-9-14/h4-6,8,11,15H,1-3,7,9H2,(H,18,20)/t11-,14-/m0/s1. The van der Waals surface area contributed by atoms with Gasteiger partial charge in [-0.25, -0.2) is 9.97 Å². The smallest absolute Gasteiger partial charge is 0.254 e. The summed E-state index contributed by atoms with van der Waals surface area (Å²) in [5, 5.41) is 6.65. The predicted molar refractivity (Wildman–Crippen MR) is 73.4 cm³/mol. The number of rotatable bonds is 2. The second-order valence-electron chi connectivity index (χ2n) is 5.81. The van der Waals surface area contributed by atoms with Crippen molar-refractivity contribution in [2.45, 2.75) is 24.8 Å². The zero-order valence-corrected chi connectivity index (χ0v) is 11.2. The average Bonchev–Trinajstić information content (AvgIpc) is 3.10. The number of nitrogens with zero attached hydrogens (tertiary/aromatic N) is 3. The van der Waals surface area contributed by atoms with Crippen LogP contribution in [0.1, 0.15) is 29.6 Å². The quantitative estimate of drug-likeness (QED) is 0.839. The summed E-state index contributed by atoms with van der Waals surface area (Å²) in [4.78, 5) is 20.8. The fourth-order valence-corrected chi connectivity index (χ4v) is 3.58. The Balaban J connectivity index is 1.60. The van der Waals surface area contributed by atoms with Gasteiger partial charge in [0.2, 0.25) is 5.78 Å². The van der Waals surface area contributed by atoms with Crippen molar-refractivity contribution in [3.8, 4) is 0 Å². The van der Waals surface area contributed by atoms with Crippen LogP contribution in [0, 0.1) is 5.92 Å². The van der Waals surface area contributed by atoms with Crippen LogP contribution < -0.4 is 10.6 Å². The maximum atomic E-state index is 12.5. The molecular weight excluding hydrogens is 254 g/mol. The van der Waals surface area contributed by atoms with Gasteiger partial charge >= 0.3 is 0 Å². The van der Waals surface area contributed by atoms with Gasteiger partial charge in [0, 0.05) is 37.9 Å². The third-order valence-corrected chi connectivity index (χ3v) is 4.66. The Bertz CT molecular complexity index is 654. The number of carbonyl (C=O) groups is 1. The molecule has 2 aromatic rings. The summed E-state index contributed by atoms with van der Waals surface area (Å²) >= 11 is 0. The molecule has 3 heterocycles. The molecule has 0 aromatic carbocycles. The maximum absolute atomic E-state index is 12.5. The lowest BCUT2D eigenvalue weighted by molar-refractivity contribution is 0.0893. The summed E-state index contributed by atoms with van der Waals surface area (Å²) in [5.41, 5.74) is 0.531. The van der Waals surface area contributed by atoms with Crippen molar-refractivity contribution in [1.82, 2.24) is 25.0 Å². The largest absolute Gasteiger partial charge is 0.345 e. The van der Waals surface area contributed by atoms with Crippen LogP contribution >= 0.6 is 0 Å². The van der Waals surface area contributed by atoms with Crippen LogP contribution in [0.15, 0.2) is 24.8 Å². The molecule has 6 nitrogen and oxygen atoms in total. The second-order valence-corrected chi connectivity index (χ2v) is 5.81. The van der Waals surface area contributed by atoms with Crippen molar-refractivity contribution in [3.63, 3.8) is 0 Å². The van der Waals surface area contributed by atoms with Gasteiger partial charge in [-0.2, -0.15) is 0 Å². The van der Waals surface area contributed by atoms with Crippen LogP contribution in [0.25, 0.3) is 5.78 Å². The Labute approximate surface area is 116 Å². The third kappa shape index (κ3) is 1.71. The van der Waals surface area contributed by atoms with E-state index in [1.54, 1.807) is 29.2 Å². The molecule has 2 atom stereocenters. The normalized spacial score (nSPS) is 28.7. The maximum Gasteiger partial charge on any atom is 0.254 e. The van der Waals surface area contributed by atoms with Crippen LogP contribution in [0.3, 0.4) is 0 Å². The lowest BCUT2D eigenvalue weighted by Crippen LogP contribution is -2.51. The van der Waals surface area contributed by atoms with E-state index >= 15 is 0 Å². The molecule has 1 amide bonds. The molecule has 2 N–H and O–H groups in total. The van der Waals surface area contributed by atoms with E-state index in [1.807, 2.05) is 0 Å². The summed E-state index contributed by atoms with van der Waals surface area (Å²) in [6, 6.07) is 0. The van der Waals surface area contributed by atoms with Gasteiger partial charge in [0.1, 0.15) is 0 Å². The lowest BCUT2D eigenvalue weighted by Gasteiger charge is -2.29. The molecule has 2 aromatic heterocycles. The number of hydrogen-bond acceptors (Lipinski definition) is 4. The topological polar surface area (TPSA) is 71.3 Å². The van der Waals surface area contributed by atoms with Crippen LogP contribution in [0.5, 0.6) is 0 Å². The highest BCUT2D eigenvalue weighted by molar-refractivity contribution is 5.94. The molecule has 0 bridgehead atoms. The number of aromatic nitrogens is 3. The molecular formula is C14H17N5O. The Morgan fingerprint density at radius 2 is 2.45 bits per heavy atom. The molecule has 2 aliphatic rings. The minimum Gasteiger partial charge on any atom is -0.345 e. The van der Waals surface area contributed by atoms with Gasteiger partial charge in [0.05, 0.1) is 11.1 Å². The molecule has 20 heavy (non-hydrogen) atoms. The highest BCUT2D eigenvalue weighted by atomic mass is 16.1. The Morgan fingerprint density at radius 3 is 3.40 bits per heavy atom. The van der Waals surface area contributed by atoms with Gasteiger partial charge in [-0.15, -0.1) is 0 Å². The fourth-order valence-electron chi connectivity index (χ4n) is 3.58. The van der Waals surface area contributed by atoms with E-state index in [2.05, 4.69) is 20.6 Å². The number of fused-ring (bicyclic) bond motifs is 2. The van der Waals surface area contributed by atoms with Crippen LogP contribution in [0.4, 0.5) is 0 Å². The molecule has 0 spiro atoms. The summed E-state index contributed by atoms with van der Waals surface area (Å²) < 4.78 is 1.77. The van der Waals surface area contributed by atoms with E-state index < -0.39 is 0 Å². The molecule has 6 heteroatoms. The number of imidazole rings is 1. The molecule has 0 unspecified atom stereocenters. The molecule has 1 saturated carbocycles. The van der Waals surface area contributed by atoms with E-state index in [-0.39, 0.29) is 11.4 Å². The zero-order valence-electron chi connectivity index (χ0n) is 11.2. The summed E-state index contributed by atoms with van der Waals surface area (Å²) in [6.45, 7) is 1.89. The summed E-state index contributed by atoms with van der Waals surface area (Å²) in [7, 11) is 0. The van der Waals surface area contributed by atoms with Gasteiger partial charge in [0.25, 0.3) is 5.91 Å². The van der Waals surface area contributed by atoms with Crippen molar-refractivity contribution in [2.24, 2.45) is 5.92 Å². The fraction of sp³-hybridized carbons (Fsp3) is 0.500. The minimum absolute atomic E-state index is 0.0382. The van der Waals surface area contributed by atoms with E-state index in [9.17, 15) is 4.79 Å². The van der Waals surface area contributed by atoms with Crippen LogP contribution in [-0.4, -0.2) is 38.9 Å². The number of carbonyl (C=O) groups excluding carboxylic acids is 1. The first-order valence-corrected chi connectivity index (χ1v) is 7.09. The molecule has 1 aliphatic heterocycles. The first kappa shape index (κ1) is 11.8. The SMILES string of the molecule is O=C(N[C@]12CCC[C@H]1CNC2)c1cnc2nccn2c1. The molecule has 104 valence electrons. The summed E-state index contributed by atoms with van der Waals surface area (Å²) in [6.07, 6.45) is 10.3. The second kappa shape index (κ2) is 4.28. The molecule has 1 aliphatic carbocycles. The Hall–Kier alpha value is -1.95. The number of amides is 1. The molecule has 0 radical (unpaired) electrons. The lowest BCUT2D eigenvalue weighted by atomic mass is 9.90. The van der Waals surface area contributed by atoms with E-state index in [4.69, 9.17) is 0 Å². The molecule has 4 rings (SSSR count). The third-order valence-electron chi connectivity index (χ3n) is 4.66. The van der Waals surface area contributed by atoms with Crippen molar-refractivity contribution >= 4 is 11.7 Å². The molecule has 2 fully saturated rings. The van der Waals surface area contributed by atoms with Crippen LogP contribution in [-0.2, 0) is 0 Å². The van der Waals surface area contributed by atoms with Gasteiger partial charge in [0.15, 0.2) is 0 Å². The van der Waals surface area contributed by atoms with E-state index in [1.165, 1.54) is 12.8 Å². The monoisotopic (exact) mass is 271 g/mol. The van der Waals surface area contributed by atoms with Crippen LogP contribution in [0.2, 0.25) is 0 Å². The van der Waals surface area contributed by atoms with Gasteiger partial charge in [-0.1, -0.05) is 6.42 Å². The van der Waals surface area contributed by atoms with Crippen molar-refractivity contribution < 1.29 is 4.79 Å². The van der Waals surface area contributed by atoms with E-state index in [0.29, 0.717) is 17.3 Å². The Kier molecular flexibility index (Phi) is 2.53. The highest BCUT2D eigenvalue weighted by Gasteiger charge is 2.47. The minimum atomic E-state index is -0.0546. The van der Waals surface area contributed by atoms with Crippen molar-refractivity contribution in [2.75, 3.05) is 13.1 Å².